The van der Waals surface area contributed by atoms with Gasteiger partial charge in [-0.2, -0.15) is 0 Å². The predicted molar refractivity (Wildman–Crippen MR) is 85.8 cm³/mol. The van der Waals surface area contributed by atoms with E-state index in [-0.39, 0.29) is 0 Å². The highest BCUT2D eigenvalue weighted by molar-refractivity contribution is 9.10. The second-order valence-electron chi connectivity index (χ2n) is 5.61. The number of imidazole rings is 1. The van der Waals surface area contributed by atoms with Crippen molar-refractivity contribution in [1.82, 2.24) is 19.4 Å². The van der Waals surface area contributed by atoms with Crippen molar-refractivity contribution in [3.63, 3.8) is 0 Å². The van der Waals surface area contributed by atoms with Crippen LogP contribution in [0.3, 0.4) is 0 Å². The van der Waals surface area contributed by atoms with Crippen molar-refractivity contribution in [3.05, 3.63) is 22.7 Å². The molecule has 0 saturated carbocycles. The van der Waals surface area contributed by atoms with E-state index in [1.165, 1.54) is 0 Å². The number of nitrogens with zero attached hydrogens (tertiary/aromatic N) is 4. The molecule has 1 unspecified atom stereocenters. The van der Waals surface area contributed by atoms with Gasteiger partial charge in [-0.05, 0) is 32.3 Å². The molecule has 1 aromatic heterocycles. The van der Waals surface area contributed by atoms with Gasteiger partial charge < -0.3 is 15.2 Å². The molecule has 5 nitrogen and oxygen atoms in total. The van der Waals surface area contributed by atoms with Crippen LogP contribution >= 0.6 is 15.9 Å². The van der Waals surface area contributed by atoms with Crippen molar-refractivity contribution in [2.75, 3.05) is 39.5 Å². The van der Waals surface area contributed by atoms with Crippen LogP contribution in [0.15, 0.2) is 22.7 Å². The minimum Gasteiger partial charge on any atom is -0.369 e. The Morgan fingerprint density at radius 2 is 2.15 bits per heavy atom. The SMILES string of the molecule is CN1CCN(C)C(Cn2c(N)nc3cc(Br)ccc32)C1. The Labute approximate surface area is 127 Å². The minimum atomic E-state index is 0.470. The molecule has 1 fully saturated rings. The Bertz CT molecular complexity index is 623. The normalized spacial score (nSPS) is 21.6. The van der Waals surface area contributed by atoms with Crippen molar-refractivity contribution in [3.8, 4) is 0 Å². The molecule has 1 aliphatic rings. The number of halogens is 1. The summed E-state index contributed by atoms with van der Waals surface area (Å²) in [5.41, 5.74) is 8.16. The molecule has 1 saturated heterocycles. The molecule has 6 heteroatoms. The number of piperazine rings is 1. The first-order valence-electron chi connectivity index (χ1n) is 6.84. The Balaban J connectivity index is 1.92. The van der Waals surface area contributed by atoms with Crippen LogP contribution in [0.5, 0.6) is 0 Å². The summed E-state index contributed by atoms with van der Waals surface area (Å²) >= 11 is 3.48. The second-order valence-corrected chi connectivity index (χ2v) is 6.53. The number of rotatable bonds is 2. The lowest BCUT2D eigenvalue weighted by Gasteiger charge is -2.38. The topological polar surface area (TPSA) is 50.3 Å². The Kier molecular flexibility index (Phi) is 3.70. The molecule has 0 aliphatic carbocycles. The second kappa shape index (κ2) is 5.35. The first-order valence-corrected chi connectivity index (χ1v) is 7.64. The zero-order chi connectivity index (χ0) is 14.3. The molecule has 20 heavy (non-hydrogen) atoms. The van der Waals surface area contributed by atoms with Gasteiger partial charge in [-0.3, -0.25) is 4.90 Å². The summed E-state index contributed by atoms with van der Waals surface area (Å²) in [7, 11) is 4.36. The average molecular weight is 338 g/mol. The van der Waals surface area contributed by atoms with Crippen LogP contribution in [-0.2, 0) is 6.54 Å². The number of nitrogen functional groups attached to an aromatic ring is 1. The summed E-state index contributed by atoms with van der Waals surface area (Å²) in [4.78, 5) is 9.24. The van der Waals surface area contributed by atoms with Crippen LogP contribution in [0.4, 0.5) is 5.95 Å². The Morgan fingerprint density at radius 1 is 1.35 bits per heavy atom. The number of nitrogens with two attached hydrogens (primary N) is 1. The van der Waals surface area contributed by atoms with E-state index in [2.05, 4.69) is 55.4 Å². The third-order valence-corrected chi connectivity index (χ3v) is 4.61. The highest BCUT2D eigenvalue weighted by atomic mass is 79.9. The van der Waals surface area contributed by atoms with E-state index in [0.717, 1.165) is 41.7 Å². The minimum absolute atomic E-state index is 0.470. The molecule has 2 aromatic rings. The molecule has 1 aromatic carbocycles. The number of hydrogen-bond donors (Lipinski definition) is 1. The molecule has 108 valence electrons. The average Bonchev–Trinajstić information content (AvgIpc) is 2.69. The summed E-state index contributed by atoms with van der Waals surface area (Å²) in [6, 6.07) is 6.60. The Morgan fingerprint density at radius 3 is 2.95 bits per heavy atom. The van der Waals surface area contributed by atoms with Gasteiger partial charge in [0, 0.05) is 36.7 Å². The summed E-state index contributed by atoms with van der Waals surface area (Å²) in [5.74, 6) is 0.597. The summed E-state index contributed by atoms with van der Waals surface area (Å²) in [5, 5.41) is 0. The van der Waals surface area contributed by atoms with Crippen LogP contribution in [0, 0.1) is 0 Å². The van der Waals surface area contributed by atoms with Gasteiger partial charge >= 0.3 is 0 Å². The van der Waals surface area contributed by atoms with Crippen LogP contribution < -0.4 is 5.73 Å². The van der Waals surface area contributed by atoms with Crippen molar-refractivity contribution in [2.45, 2.75) is 12.6 Å². The number of hydrogen-bond acceptors (Lipinski definition) is 4. The fraction of sp³-hybridized carbons (Fsp3) is 0.500. The fourth-order valence-electron chi connectivity index (χ4n) is 2.82. The zero-order valence-corrected chi connectivity index (χ0v) is 13.5. The standard InChI is InChI=1S/C14H20BrN5/c1-18-5-6-19(2)11(8-18)9-20-13-4-3-10(15)7-12(13)17-14(20)16/h3-4,7,11H,5-6,8-9H2,1-2H3,(H2,16,17). The molecular weight excluding hydrogens is 318 g/mol. The van der Waals surface area contributed by atoms with E-state index in [4.69, 9.17) is 5.73 Å². The van der Waals surface area contributed by atoms with Crippen molar-refractivity contribution in [1.29, 1.82) is 0 Å². The molecular formula is C14H20BrN5. The largest absolute Gasteiger partial charge is 0.369 e. The molecule has 0 radical (unpaired) electrons. The number of benzene rings is 1. The van der Waals surface area contributed by atoms with E-state index >= 15 is 0 Å². The molecule has 3 rings (SSSR count). The summed E-state index contributed by atoms with van der Waals surface area (Å²) in [6.45, 7) is 4.16. The number of fused-ring (bicyclic) bond motifs is 1. The van der Waals surface area contributed by atoms with E-state index in [1.54, 1.807) is 0 Å². The molecule has 2 N–H and O–H groups in total. The maximum Gasteiger partial charge on any atom is 0.201 e. The van der Waals surface area contributed by atoms with Crippen LogP contribution in [0.2, 0.25) is 0 Å². The van der Waals surface area contributed by atoms with Gasteiger partial charge in [-0.15, -0.1) is 0 Å². The van der Waals surface area contributed by atoms with Gasteiger partial charge in [0.25, 0.3) is 0 Å². The van der Waals surface area contributed by atoms with Gasteiger partial charge in [0.05, 0.1) is 11.0 Å². The highest BCUT2D eigenvalue weighted by Crippen LogP contribution is 2.23. The van der Waals surface area contributed by atoms with Gasteiger partial charge in [0.15, 0.2) is 0 Å². The van der Waals surface area contributed by atoms with Gasteiger partial charge in [0.2, 0.25) is 5.95 Å². The van der Waals surface area contributed by atoms with Crippen LogP contribution in [-0.4, -0.2) is 59.1 Å². The lowest BCUT2D eigenvalue weighted by molar-refractivity contribution is 0.104. The van der Waals surface area contributed by atoms with Crippen molar-refractivity contribution >= 4 is 32.9 Å². The molecule has 1 aliphatic heterocycles. The van der Waals surface area contributed by atoms with Gasteiger partial charge in [-0.25, -0.2) is 4.98 Å². The van der Waals surface area contributed by atoms with Gasteiger partial charge in [0.1, 0.15) is 0 Å². The Hall–Kier alpha value is -1.11. The number of likely N-dealkylation sites (N-methyl/N-ethyl adjacent to an activating group) is 2. The molecule has 0 spiro atoms. The maximum absolute atomic E-state index is 6.11. The lowest BCUT2D eigenvalue weighted by atomic mass is 10.2. The highest BCUT2D eigenvalue weighted by Gasteiger charge is 2.23. The predicted octanol–water partition coefficient (Wildman–Crippen LogP) is 1.63. The molecule has 0 amide bonds. The van der Waals surface area contributed by atoms with Crippen LogP contribution in [0.25, 0.3) is 11.0 Å². The fourth-order valence-corrected chi connectivity index (χ4v) is 3.17. The number of anilines is 1. The monoisotopic (exact) mass is 337 g/mol. The number of aromatic nitrogens is 2. The van der Waals surface area contributed by atoms with Crippen molar-refractivity contribution in [2.24, 2.45) is 0 Å². The zero-order valence-electron chi connectivity index (χ0n) is 11.9. The van der Waals surface area contributed by atoms with Crippen LogP contribution in [0.1, 0.15) is 0 Å². The lowest BCUT2D eigenvalue weighted by Crippen LogP contribution is -2.51. The molecule has 0 bridgehead atoms. The van der Waals surface area contributed by atoms with Gasteiger partial charge in [-0.1, -0.05) is 15.9 Å². The molecule has 2 heterocycles. The van der Waals surface area contributed by atoms with E-state index in [1.807, 2.05) is 12.1 Å². The smallest absolute Gasteiger partial charge is 0.201 e. The summed E-state index contributed by atoms with van der Waals surface area (Å²) < 4.78 is 3.16. The van der Waals surface area contributed by atoms with E-state index < -0.39 is 0 Å². The quantitative estimate of drug-likeness (QED) is 0.904. The third-order valence-electron chi connectivity index (χ3n) is 4.11. The van der Waals surface area contributed by atoms with E-state index in [9.17, 15) is 0 Å². The molecule has 1 atom stereocenters. The first-order chi connectivity index (χ1) is 9.54. The van der Waals surface area contributed by atoms with E-state index in [0.29, 0.717) is 12.0 Å². The summed E-state index contributed by atoms with van der Waals surface area (Å²) in [6.07, 6.45) is 0. The first kappa shape index (κ1) is 13.9. The maximum atomic E-state index is 6.11. The third kappa shape index (κ3) is 2.55. The van der Waals surface area contributed by atoms with Crippen molar-refractivity contribution < 1.29 is 0 Å².